The van der Waals surface area contributed by atoms with Crippen LogP contribution in [0.25, 0.3) is 22.3 Å². The number of thioether (sulfide) groups is 1. The Hall–Kier alpha value is -1.79. The lowest BCUT2D eigenvalue weighted by atomic mass is 10.1. The summed E-state index contributed by atoms with van der Waals surface area (Å²) in [7, 11) is 1.71. The third kappa shape index (κ3) is 2.89. The van der Waals surface area contributed by atoms with Crippen molar-refractivity contribution in [1.29, 1.82) is 0 Å². The standard InChI is InChI=1S/C16H20N4OS/c1-11(2)22-16-19-18-15(20(16)8-9-21-3)13-10-17-14-7-5-4-6-12(13)14/h4-7,10-11,17H,8-9H2,1-3H3. The first kappa shape index (κ1) is 15.1. The minimum Gasteiger partial charge on any atom is -0.383 e. The molecule has 5 nitrogen and oxygen atoms in total. The summed E-state index contributed by atoms with van der Waals surface area (Å²) in [5, 5.41) is 11.4. The minimum absolute atomic E-state index is 0.460. The summed E-state index contributed by atoms with van der Waals surface area (Å²) < 4.78 is 7.38. The predicted octanol–water partition coefficient (Wildman–Crippen LogP) is 3.57. The zero-order chi connectivity index (χ0) is 15.5. The van der Waals surface area contributed by atoms with Gasteiger partial charge in [-0.05, 0) is 6.07 Å². The SMILES string of the molecule is COCCn1c(SC(C)C)nnc1-c1c[nH]c2ccccc12. The summed E-state index contributed by atoms with van der Waals surface area (Å²) in [5.41, 5.74) is 2.19. The van der Waals surface area contributed by atoms with E-state index in [-0.39, 0.29) is 0 Å². The van der Waals surface area contributed by atoms with E-state index >= 15 is 0 Å². The third-order valence-electron chi connectivity index (χ3n) is 3.41. The Kier molecular flexibility index (Phi) is 4.49. The second-order valence-electron chi connectivity index (χ2n) is 5.37. The van der Waals surface area contributed by atoms with Crippen molar-refractivity contribution in [3.05, 3.63) is 30.5 Å². The number of ether oxygens (including phenoxy) is 1. The van der Waals surface area contributed by atoms with E-state index in [9.17, 15) is 0 Å². The molecule has 2 heterocycles. The monoisotopic (exact) mass is 316 g/mol. The maximum atomic E-state index is 5.24. The summed E-state index contributed by atoms with van der Waals surface area (Å²) in [6.45, 7) is 5.70. The highest BCUT2D eigenvalue weighted by Crippen LogP contribution is 2.30. The number of aromatic nitrogens is 4. The summed E-state index contributed by atoms with van der Waals surface area (Å²) in [6, 6.07) is 8.24. The molecule has 0 spiro atoms. The van der Waals surface area contributed by atoms with E-state index in [0.29, 0.717) is 11.9 Å². The maximum absolute atomic E-state index is 5.24. The van der Waals surface area contributed by atoms with Gasteiger partial charge >= 0.3 is 0 Å². The number of nitrogens with one attached hydrogen (secondary N) is 1. The molecule has 1 N–H and O–H groups in total. The Balaban J connectivity index is 2.07. The Morgan fingerprint density at radius 1 is 1.27 bits per heavy atom. The molecule has 0 radical (unpaired) electrons. The van der Waals surface area contributed by atoms with Crippen LogP contribution in [-0.2, 0) is 11.3 Å². The van der Waals surface area contributed by atoms with Crippen molar-refractivity contribution in [2.75, 3.05) is 13.7 Å². The fourth-order valence-corrected chi connectivity index (χ4v) is 3.24. The quantitative estimate of drug-likeness (QED) is 0.706. The smallest absolute Gasteiger partial charge is 0.191 e. The zero-order valence-corrected chi connectivity index (χ0v) is 13.9. The number of hydrogen-bond acceptors (Lipinski definition) is 4. The maximum Gasteiger partial charge on any atom is 0.191 e. The van der Waals surface area contributed by atoms with Crippen LogP contribution in [0.15, 0.2) is 35.6 Å². The molecule has 0 amide bonds. The van der Waals surface area contributed by atoms with Gasteiger partial charge in [0.25, 0.3) is 0 Å². The van der Waals surface area contributed by atoms with E-state index < -0.39 is 0 Å². The molecular formula is C16H20N4OS. The van der Waals surface area contributed by atoms with E-state index in [0.717, 1.165) is 34.0 Å². The lowest BCUT2D eigenvalue weighted by Crippen LogP contribution is -2.08. The van der Waals surface area contributed by atoms with Crippen molar-refractivity contribution in [1.82, 2.24) is 19.7 Å². The first-order chi connectivity index (χ1) is 10.7. The van der Waals surface area contributed by atoms with E-state index in [4.69, 9.17) is 4.74 Å². The molecule has 0 atom stereocenters. The molecule has 3 aromatic rings. The van der Waals surface area contributed by atoms with Crippen LogP contribution in [0.5, 0.6) is 0 Å². The van der Waals surface area contributed by atoms with Gasteiger partial charge in [0.05, 0.1) is 13.2 Å². The van der Waals surface area contributed by atoms with Gasteiger partial charge in [0.1, 0.15) is 0 Å². The van der Waals surface area contributed by atoms with Crippen molar-refractivity contribution >= 4 is 22.7 Å². The number of aromatic amines is 1. The number of para-hydroxylation sites is 1. The first-order valence-electron chi connectivity index (χ1n) is 7.36. The number of nitrogens with zero attached hydrogens (tertiary/aromatic N) is 3. The van der Waals surface area contributed by atoms with Crippen LogP contribution < -0.4 is 0 Å². The van der Waals surface area contributed by atoms with Crippen molar-refractivity contribution in [2.45, 2.75) is 30.8 Å². The molecule has 0 aliphatic rings. The highest BCUT2D eigenvalue weighted by Gasteiger charge is 2.17. The molecule has 0 fully saturated rings. The summed E-state index contributed by atoms with van der Waals surface area (Å²) in [6.07, 6.45) is 2.00. The average Bonchev–Trinajstić information content (AvgIpc) is 3.08. The van der Waals surface area contributed by atoms with Gasteiger partial charge in [0.2, 0.25) is 0 Å². The van der Waals surface area contributed by atoms with Crippen molar-refractivity contribution in [3.63, 3.8) is 0 Å². The molecule has 0 aliphatic carbocycles. The van der Waals surface area contributed by atoms with E-state index in [1.807, 2.05) is 18.3 Å². The Bertz CT molecular complexity index is 762. The molecule has 0 unspecified atom stereocenters. The van der Waals surface area contributed by atoms with E-state index in [2.05, 4.69) is 45.7 Å². The molecule has 0 aliphatic heterocycles. The lowest BCUT2D eigenvalue weighted by Gasteiger charge is -2.10. The fourth-order valence-electron chi connectivity index (χ4n) is 2.43. The van der Waals surface area contributed by atoms with Crippen molar-refractivity contribution in [2.24, 2.45) is 0 Å². The molecule has 22 heavy (non-hydrogen) atoms. The first-order valence-corrected chi connectivity index (χ1v) is 8.24. The minimum atomic E-state index is 0.460. The van der Waals surface area contributed by atoms with Crippen molar-refractivity contribution in [3.8, 4) is 11.4 Å². The number of hydrogen-bond donors (Lipinski definition) is 1. The van der Waals surface area contributed by atoms with Gasteiger partial charge in [-0.15, -0.1) is 10.2 Å². The molecule has 0 saturated heterocycles. The zero-order valence-electron chi connectivity index (χ0n) is 13.0. The van der Waals surface area contributed by atoms with Crippen LogP contribution in [0.4, 0.5) is 0 Å². The van der Waals surface area contributed by atoms with Crippen LogP contribution in [0, 0.1) is 0 Å². The molecule has 116 valence electrons. The van der Waals surface area contributed by atoms with E-state index in [1.54, 1.807) is 18.9 Å². The number of methoxy groups -OCH3 is 1. The molecule has 6 heteroatoms. The van der Waals surface area contributed by atoms with Gasteiger partial charge in [-0.25, -0.2) is 0 Å². The highest BCUT2D eigenvalue weighted by molar-refractivity contribution is 7.99. The number of benzene rings is 1. The van der Waals surface area contributed by atoms with Crippen molar-refractivity contribution < 1.29 is 4.74 Å². The van der Waals surface area contributed by atoms with Crippen LogP contribution >= 0.6 is 11.8 Å². The Morgan fingerprint density at radius 3 is 2.86 bits per heavy atom. The van der Waals surface area contributed by atoms with Gasteiger partial charge in [-0.1, -0.05) is 43.8 Å². The summed E-state index contributed by atoms with van der Waals surface area (Å²) in [4.78, 5) is 3.30. The second kappa shape index (κ2) is 6.54. The van der Waals surface area contributed by atoms with Crippen LogP contribution in [0.2, 0.25) is 0 Å². The van der Waals surface area contributed by atoms with Crippen LogP contribution in [0.1, 0.15) is 13.8 Å². The Morgan fingerprint density at radius 2 is 2.09 bits per heavy atom. The van der Waals surface area contributed by atoms with Gasteiger partial charge in [0.15, 0.2) is 11.0 Å². The molecule has 0 bridgehead atoms. The molecule has 1 aromatic carbocycles. The van der Waals surface area contributed by atoms with Gasteiger partial charge in [0, 0.05) is 35.0 Å². The van der Waals surface area contributed by atoms with E-state index in [1.165, 1.54) is 0 Å². The fraction of sp³-hybridized carbons (Fsp3) is 0.375. The van der Waals surface area contributed by atoms with Gasteiger partial charge in [-0.3, -0.25) is 4.57 Å². The van der Waals surface area contributed by atoms with Crippen LogP contribution in [0.3, 0.4) is 0 Å². The normalized spacial score (nSPS) is 11.6. The second-order valence-corrected chi connectivity index (χ2v) is 6.91. The van der Waals surface area contributed by atoms with Crippen LogP contribution in [-0.4, -0.2) is 38.7 Å². The average molecular weight is 316 g/mol. The summed E-state index contributed by atoms with van der Waals surface area (Å²) in [5.74, 6) is 0.887. The molecule has 2 aromatic heterocycles. The predicted molar refractivity (Wildman–Crippen MR) is 90.2 cm³/mol. The topological polar surface area (TPSA) is 55.7 Å². The molecule has 3 rings (SSSR count). The number of H-pyrrole nitrogens is 1. The van der Waals surface area contributed by atoms with Gasteiger partial charge in [-0.2, -0.15) is 0 Å². The number of fused-ring (bicyclic) bond motifs is 1. The molecular weight excluding hydrogens is 296 g/mol. The summed E-state index contributed by atoms with van der Waals surface area (Å²) >= 11 is 1.72. The Labute approximate surface area is 134 Å². The number of rotatable bonds is 6. The van der Waals surface area contributed by atoms with Gasteiger partial charge < -0.3 is 9.72 Å². The lowest BCUT2D eigenvalue weighted by molar-refractivity contribution is 0.185. The highest BCUT2D eigenvalue weighted by atomic mass is 32.2. The third-order valence-corrected chi connectivity index (χ3v) is 4.39. The largest absolute Gasteiger partial charge is 0.383 e. The molecule has 0 saturated carbocycles.